The van der Waals surface area contributed by atoms with E-state index in [0.717, 1.165) is 16.9 Å². The summed E-state index contributed by atoms with van der Waals surface area (Å²) in [6.07, 6.45) is 1.28. The lowest BCUT2D eigenvalue weighted by Gasteiger charge is -1.95. The molecule has 11 heavy (non-hydrogen) atoms. The topological polar surface area (TPSA) is 37.8 Å². The second kappa shape index (κ2) is 2.44. The van der Waals surface area contributed by atoms with Crippen molar-refractivity contribution < 1.29 is 0 Å². The molecular weight excluding hydrogens is 158 g/mol. The zero-order valence-electron chi connectivity index (χ0n) is 6.66. The van der Waals surface area contributed by atoms with Gasteiger partial charge in [-0.05, 0) is 19.3 Å². The fraction of sp³-hybridized carbons (Fsp3) is 0.714. The molecule has 1 aromatic heterocycles. The second-order valence-electron chi connectivity index (χ2n) is 3.11. The Hall–Kier alpha value is -0.640. The Morgan fingerprint density at radius 1 is 1.64 bits per heavy atom. The molecule has 1 aliphatic carbocycles. The van der Waals surface area contributed by atoms with Gasteiger partial charge in [0.1, 0.15) is 5.82 Å². The van der Waals surface area contributed by atoms with Crippen molar-refractivity contribution in [3.63, 3.8) is 0 Å². The minimum atomic E-state index is 0.655. The van der Waals surface area contributed by atoms with Crippen molar-refractivity contribution in [3.05, 3.63) is 5.82 Å². The first kappa shape index (κ1) is 7.03. The Kier molecular flexibility index (Phi) is 1.56. The van der Waals surface area contributed by atoms with Crippen molar-refractivity contribution in [2.24, 2.45) is 5.92 Å². The lowest BCUT2D eigenvalue weighted by Crippen LogP contribution is -2.02. The Labute approximate surface area is 70.0 Å². The lowest BCUT2D eigenvalue weighted by molar-refractivity contribution is 0.926. The van der Waals surface area contributed by atoms with Crippen LogP contribution in [0.1, 0.15) is 19.2 Å². The lowest BCUT2D eigenvalue weighted by atomic mass is 10.5. The van der Waals surface area contributed by atoms with Crippen molar-refractivity contribution >= 4 is 16.7 Å². The first-order valence-electron chi connectivity index (χ1n) is 3.82. The van der Waals surface area contributed by atoms with E-state index >= 15 is 0 Å². The fourth-order valence-corrected chi connectivity index (χ4v) is 1.67. The van der Waals surface area contributed by atoms with Gasteiger partial charge in [0.2, 0.25) is 5.13 Å². The van der Waals surface area contributed by atoms with Crippen LogP contribution < -0.4 is 5.32 Å². The highest BCUT2D eigenvalue weighted by atomic mass is 32.1. The molecule has 2 atom stereocenters. The molecule has 1 aromatic rings. The maximum absolute atomic E-state index is 4.22. The van der Waals surface area contributed by atoms with Crippen LogP contribution >= 0.6 is 11.5 Å². The average Bonchev–Trinajstić information content (AvgIpc) is 2.42. The highest BCUT2D eigenvalue weighted by Gasteiger charge is 2.32. The Balaban J connectivity index is 1.96. The molecule has 0 bridgehead atoms. The Morgan fingerprint density at radius 3 is 2.82 bits per heavy atom. The van der Waals surface area contributed by atoms with E-state index in [9.17, 15) is 0 Å². The van der Waals surface area contributed by atoms with Crippen molar-refractivity contribution in [1.29, 1.82) is 0 Å². The SMILES string of the molecule is Cc1nsc(N[C@@H]2C[C@H]2C)n1. The smallest absolute Gasteiger partial charge is 0.202 e. The number of aromatic nitrogens is 2. The summed E-state index contributed by atoms with van der Waals surface area (Å²) in [5.74, 6) is 1.69. The van der Waals surface area contributed by atoms with E-state index in [1.54, 1.807) is 0 Å². The second-order valence-corrected chi connectivity index (χ2v) is 3.86. The molecule has 4 heteroatoms. The number of hydrogen-bond donors (Lipinski definition) is 1. The molecule has 0 radical (unpaired) electrons. The molecule has 0 saturated heterocycles. The third-order valence-electron chi connectivity index (χ3n) is 1.95. The van der Waals surface area contributed by atoms with Crippen LogP contribution in [-0.2, 0) is 0 Å². The normalized spacial score (nSPS) is 28.5. The third kappa shape index (κ3) is 1.50. The Morgan fingerprint density at radius 2 is 2.36 bits per heavy atom. The van der Waals surface area contributed by atoms with Gasteiger partial charge >= 0.3 is 0 Å². The number of hydrogen-bond acceptors (Lipinski definition) is 4. The molecule has 1 heterocycles. The number of rotatable bonds is 2. The zero-order chi connectivity index (χ0) is 7.84. The standard InChI is InChI=1S/C7H11N3S/c1-4-3-6(4)9-7-8-5(2)10-11-7/h4,6H,3H2,1-2H3,(H,8,9,10)/t4-,6-/m1/s1. The van der Waals surface area contributed by atoms with Crippen LogP contribution in [0.3, 0.4) is 0 Å². The molecule has 0 spiro atoms. The zero-order valence-corrected chi connectivity index (χ0v) is 7.48. The first-order chi connectivity index (χ1) is 5.25. The maximum Gasteiger partial charge on any atom is 0.202 e. The fourth-order valence-electron chi connectivity index (χ4n) is 1.04. The summed E-state index contributed by atoms with van der Waals surface area (Å²) >= 11 is 1.45. The molecule has 1 N–H and O–H groups in total. The van der Waals surface area contributed by atoms with E-state index in [4.69, 9.17) is 0 Å². The van der Waals surface area contributed by atoms with Crippen molar-refractivity contribution in [2.75, 3.05) is 5.32 Å². The molecule has 60 valence electrons. The maximum atomic E-state index is 4.22. The molecule has 1 aliphatic rings. The summed E-state index contributed by atoms with van der Waals surface area (Å²) < 4.78 is 4.09. The molecule has 1 fully saturated rings. The Bertz CT molecular complexity index is 258. The summed E-state index contributed by atoms with van der Waals surface area (Å²) in [6, 6.07) is 0.655. The number of aryl methyl sites for hydroxylation is 1. The van der Waals surface area contributed by atoms with Gasteiger partial charge in [0.25, 0.3) is 0 Å². The summed E-state index contributed by atoms with van der Waals surface area (Å²) in [5, 5.41) is 4.30. The molecular formula is C7H11N3S. The van der Waals surface area contributed by atoms with Crippen LogP contribution in [-0.4, -0.2) is 15.4 Å². The quantitative estimate of drug-likeness (QED) is 0.731. The average molecular weight is 169 g/mol. The predicted octanol–water partition coefficient (Wildman–Crippen LogP) is 1.67. The summed E-state index contributed by atoms with van der Waals surface area (Å²) in [5.41, 5.74) is 0. The van der Waals surface area contributed by atoms with Gasteiger partial charge in [-0.25, -0.2) is 4.98 Å². The molecule has 0 amide bonds. The summed E-state index contributed by atoms with van der Waals surface area (Å²) in [4.78, 5) is 4.22. The molecule has 1 saturated carbocycles. The predicted molar refractivity (Wildman–Crippen MR) is 45.8 cm³/mol. The van der Waals surface area contributed by atoms with Gasteiger partial charge in [-0.1, -0.05) is 6.92 Å². The van der Waals surface area contributed by atoms with Crippen LogP contribution in [0.25, 0.3) is 0 Å². The highest BCUT2D eigenvalue weighted by Crippen LogP contribution is 2.32. The third-order valence-corrected chi connectivity index (χ3v) is 2.68. The van der Waals surface area contributed by atoms with E-state index in [-0.39, 0.29) is 0 Å². The number of nitrogens with zero attached hydrogens (tertiary/aromatic N) is 2. The molecule has 2 rings (SSSR count). The van der Waals surface area contributed by atoms with E-state index in [2.05, 4.69) is 21.6 Å². The largest absolute Gasteiger partial charge is 0.357 e. The van der Waals surface area contributed by atoms with Crippen LogP contribution in [0.4, 0.5) is 5.13 Å². The van der Waals surface area contributed by atoms with Gasteiger partial charge in [0.05, 0.1) is 0 Å². The van der Waals surface area contributed by atoms with E-state index in [0.29, 0.717) is 6.04 Å². The van der Waals surface area contributed by atoms with Gasteiger partial charge < -0.3 is 5.32 Å². The van der Waals surface area contributed by atoms with Gasteiger partial charge in [0.15, 0.2) is 0 Å². The van der Waals surface area contributed by atoms with Crippen LogP contribution in [0.2, 0.25) is 0 Å². The first-order valence-corrected chi connectivity index (χ1v) is 4.60. The number of nitrogens with one attached hydrogen (secondary N) is 1. The molecule has 0 aromatic carbocycles. The van der Waals surface area contributed by atoms with Gasteiger partial charge in [-0.3, -0.25) is 0 Å². The molecule has 0 aliphatic heterocycles. The summed E-state index contributed by atoms with van der Waals surface area (Å²) in [7, 11) is 0. The molecule has 0 unspecified atom stereocenters. The van der Waals surface area contributed by atoms with Crippen LogP contribution in [0.5, 0.6) is 0 Å². The van der Waals surface area contributed by atoms with Crippen molar-refractivity contribution in [3.8, 4) is 0 Å². The monoisotopic (exact) mass is 169 g/mol. The van der Waals surface area contributed by atoms with E-state index < -0.39 is 0 Å². The van der Waals surface area contributed by atoms with E-state index in [1.807, 2.05) is 6.92 Å². The van der Waals surface area contributed by atoms with Gasteiger partial charge in [-0.2, -0.15) is 4.37 Å². The van der Waals surface area contributed by atoms with E-state index in [1.165, 1.54) is 18.0 Å². The van der Waals surface area contributed by atoms with Gasteiger partial charge in [0, 0.05) is 17.6 Å². The van der Waals surface area contributed by atoms with Crippen molar-refractivity contribution in [1.82, 2.24) is 9.36 Å². The minimum absolute atomic E-state index is 0.655. The molecule has 3 nitrogen and oxygen atoms in total. The highest BCUT2D eigenvalue weighted by molar-refractivity contribution is 7.09. The van der Waals surface area contributed by atoms with Crippen LogP contribution in [0, 0.1) is 12.8 Å². The van der Waals surface area contributed by atoms with Crippen molar-refractivity contribution in [2.45, 2.75) is 26.3 Å². The van der Waals surface area contributed by atoms with Gasteiger partial charge in [-0.15, -0.1) is 0 Å². The summed E-state index contributed by atoms with van der Waals surface area (Å²) in [6.45, 7) is 4.16. The van der Waals surface area contributed by atoms with Crippen LogP contribution in [0.15, 0.2) is 0 Å². The number of anilines is 1. The minimum Gasteiger partial charge on any atom is -0.357 e.